The minimum absolute atomic E-state index is 0.0793. The highest BCUT2D eigenvalue weighted by Crippen LogP contribution is 2.05. The van der Waals surface area contributed by atoms with E-state index in [1.807, 2.05) is 0 Å². The number of carboxylic acids is 2. The molecule has 0 saturated carbocycles. The van der Waals surface area contributed by atoms with Crippen molar-refractivity contribution in [2.75, 3.05) is 13.2 Å². The van der Waals surface area contributed by atoms with Gasteiger partial charge in [-0.1, -0.05) is 0 Å². The van der Waals surface area contributed by atoms with Gasteiger partial charge in [0.05, 0.1) is 19.0 Å². The molecule has 1 rings (SSSR count). The van der Waals surface area contributed by atoms with Gasteiger partial charge in [0.2, 0.25) is 17.7 Å². The fourth-order valence-corrected chi connectivity index (χ4v) is 3.03. The number of amides is 3. The van der Waals surface area contributed by atoms with Crippen molar-refractivity contribution in [3.8, 4) is 0 Å². The Morgan fingerprint density at radius 2 is 1.57 bits per heavy atom. The van der Waals surface area contributed by atoms with Crippen LogP contribution in [0.3, 0.4) is 0 Å². The van der Waals surface area contributed by atoms with Crippen LogP contribution in [-0.2, 0) is 30.4 Å². The van der Waals surface area contributed by atoms with Crippen molar-refractivity contribution < 1.29 is 39.3 Å². The van der Waals surface area contributed by atoms with Gasteiger partial charge in [-0.05, 0) is 32.2 Å². The number of aliphatic hydroxyl groups excluding tert-OH is 1. The van der Waals surface area contributed by atoms with Crippen LogP contribution in [0, 0.1) is 0 Å². The molecule has 0 saturated heterocycles. The largest absolute Gasteiger partial charge is 0.481 e. The first-order chi connectivity index (χ1) is 16.6. The molecule has 0 radical (unpaired) electrons. The van der Waals surface area contributed by atoms with Crippen molar-refractivity contribution in [1.29, 1.82) is 0 Å². The van der Waals surface area contributed by atoms with Crippen molar-refractivity contribution >= 4 is 29.7 Å². The Bertz CT molecular complexity index is 849. The highest BCUT2D eigenvalue weighted by atomic mass is 16.4. The molecule has 1 aromatic heterocycles. The minimum atomic E-state index is -1.49. The summed E-state index contributed by atoms with van der Waals surface area (Å²) in [6.07, 6.45) is 3.14. The maximum absolute atomic E-state index is 12.7. The van der Waals surface area contributed by atoms with Gasteiger partial charge in [0.1, 0.15) is 18.1 Å². The van der Waals surface area contributed by atoms with E-state index in [2.05, 4.69) is 25.9 Å². The zero-order valence-electron chi connectivity index (χ0n) is 19.1. The lowest BCUT2D eigenvalue weighted by atomic mass is 10.1. The number of nitrogens with zero attached hydrogens (tertiary/aromatic N) is 1. The summed E-state index contributed by atoms with van der Waals surface area (Å²) in [4.78, 5) is 66.7. The molecule has 3 amide bonds. The molecule has 0 fully saturated rings. The Hall–Kier alpha value is -3.56. The maximum Gasteiger partial charge on any atom is 0.326 e. The van der Waals surface area contributed by atoms with Crippen molar-refractivity contribution in [1.82, 2.24) is 25.9 Å². The number of rotatable bonds is 17. The van der Waals surface area contributed by atoms with Crippen LogP contribution in [0.15, 0.2) is 12.5 Å². The van der Waals surface area contributed by atoms with E-state index in [0.717, 1.165) is 0 Å². The SMILES string of the molecule is NCCCCC(NC(=O)C(CCC(=O)O)NC(=O)C(CO)NC(=O)C(N)Cc1cnc[nH]1)C(=O)O. The number of hydrogen-bond acceptors (Lipinski definition) is 9. The Labute approximate surface area is 201 Å². The van der Waals surface area contributed by atoms with Gasteiger partial charge < -0.3 is 47.7 Å². The number of unbranched alkanes of at least 4 members (excludes halogenated alkanes) is 1. The lowest BCUT2D eigenvalue weighted by Gasteiger charge is -2.24. The number of aromatic nitrogens is 2. The van der Waals surface area contributed by atoms with Crippen molar-refractivity contribution in [3.05, 3.63) is 18.2 Å². The number of nitrogens with one attached hydrogen (secondary N) is 4. The van der Waals surface area contributed by atoms with E-state index >= 15 is 0 Å². The second-order valence-electron chi connectivity index (χ2n) is 7.81. The van der Waals surface area contributed by atoms with Gasteiger partial charge in [0, 0.05) is 24.7 Å². The van der Waals surface area contributed by atoms with E-state index in [1.54, 1.807) is 0 Å². The molecular formula is C20H33N7O8. The maximum atomic E-state index is 12.7. The van der Waals surface area contributed by atoms with E-state index in [-0.39, 0.29) is 19.3 Å². The van der Waals surface area contributed by atoms with E-state index < -0.39 is 66.9 Å². The van der Waals surface area contributed by atoms with Crippen LogP contribution in [0.1, 0.15) is 37.8 Å². The van der Waals surface area contributed by atoms with Crippen molar-refractivity contribution in [2.24, 2.45) is 11.5 Å². The van der Waals surface area contributed by atoms with Gasteiger partial charge >= 0.3 is 11.9 Å². The van der Waals surface area contributed by atoms with Gasteiger partial charge in [-0.2, -0.15) is 0 Å². The first kappa shape index (κ1) is 29.5. The first-order valence-corrected chi connectivity index (χ1v) is 11.0. The lowest BCUT2D eigenvalue weighted by Crippen LogP contribution is -2.58. The molecule has 0 bridgehead atoms. The minimum Gasteiger partial charge on any atom is -0.481 e. The quantitative estimate of drug-likeness (QED) is 0.0963. The van der Waals surface area contributed by atoms with E-state index in [4.69, 9.17) is 16.6 Å². The fourth-order valence-electron chi connectivity index (χ4n) is 3.03. The Kier molecular flexibility index (Phi) is 12.9. The number of nitrogens with two attached hydrogens (primary N) is 2. The molecule has 0 aliphatic heterocycles. The molecule has 1 aromatic rings. The van der Waals surface area contributed by atoms with E-state index in [9.17, 15) is 34.2 Å². The van der Waals surface area contributed by atoms with Gasteiger partial charge in [0.25, 0.3) is 0 Å². The number of imidazole rings is 1. The highest BCUT2D eigenvalue weighted by molar-refractivity contribution is 5.94. The van der Waals surface area contributed by atoms with Crippen LogP contribution in [0.4, 0.5) is 0 Å². The van der Waals surface area contributed by atoms with Gasteiger partial charge in [-0.25, -0.2) is 9.78 Å². The molecular weight excluding hydrogens is 466 g/mol. The van der Waals surface area contributed by atoms with Crippen LogP contribution < -0.4 is 27.4 Å². The van der Waals surface area contributed by atoms with Crippen molar-refractivity contribution in [2.45, 2.75) is 62.7 Å². The fraction of sp³-hybridized carbons (Fsp3) is 0.600. The summed E-state index contributed by atoms with van der Waals surface area (Å²) >= 11 is 0. The number of aliphatic carboxylic acids is 2. The van der Waals surface area contributed by atoms with Gasteiger partial charge in [0.15, 0.2) is 0 Å². The number of hydrogen-bond donors (Lipinski definition) is 9. The smallest absolute Gasteiger partial charge is 0.326 e. The average Bonchev–Trinajstić information content (AvgIpc) is 3.31. The summed E-state index contributed by atoms with van der Waals surface area (Å²) in [5.41, 5.74) is 11.8. The van der Waals surface area contributed by atoms with E-state index in [1.165, 1.54) is 12.5 Å². The third-order valence-electron chi connectivity index (χ3n) is 4.99. The first-order valence-electron chi connectivity index (χ1n) is 11.0. The average molecular weight is 500 g/mol. The zero-order valence-corrected chi connectivity index (χ0v) is 19.1. The summed E-state index contributed by atoms with van der Waals surface area (Å²) < 4.78 is 0. The molecule has 0 aliphatic rings. The van der Waals surface area contributed by atoms with Gasteiger partial charge in [-0.15, -0.1) is 0 Å². The third-order valence-corrected chi connectivity index (χ3v) is 4.99. The molecule has 0 aromatic carbocycles. The molecule has 15 nitrogen and oxygen atoms in total. The lowest BCUT2D eigenvalue weighted by molar-refractivity contribution is -0.143. The number of carboxylic acid groups (broad SMARTS) is 2. The molecule has 1 heterocycles. The van der Waals surface area contributed by atoms with Crippen LogP contribution >= 0.6 is 0 Å². The molecule has 35 heavy (non-hydrogen) atoms. The molecule has 11 N–H and O–H groups in total. The highest BCUT2D eigenvalue weighted by Gasteiger charge is 2.30. The number of carbonyl (C=O) groups is 5. The molecule has 196 valence electrons. The molecule has 15 heteroatoms. The Morgan fingerprint density at radius 3 is 2.11 bits per heavy atom. The molecule has 0 aliphatic carbocycles. The third kappa shape index (κ3) is 10.9. The standard InChI is InChI=1S/C20H33N7O8/c21-6-2-1-3-14(20(34)35)26-18(32)13(4-5-16(29)30)25-19(33)15(9-28)27-17(31)12(22)7-11-8-23-10-24-11/h8,10,12-15,28H,1-7,9,21-22H2,(H,23,24)(H,25,33)(H,26,32)(H,27,31)(H,29,30)(H,34,35). The topological polar surface area (TPSA) is 263 Å². The van der Waals surface area contributed by atoms with Crippen LogP contribution in [-0.4, -0.2) is 92.3 Å². The number of H-pyrrole nitrogens is 1. The number of aliphatic hydroxyl groups is 1. The predicted molar refractivity (Wildman–Crippen MR) is 121 cm³/mol. The number of carbonyl (C=O) groups excluding carboxylic acids is 3. The van der Waals surface area contributed by atoms with Crippen LogP contribution in [0.5, 0.6) is 0 Å². The summed E-state index contributed by atoms with van der Waals surface area (Å²) in [7, 11) is 0. The Balaban J connectivity index is 2.82. The van der Waals surface area contributed by atoms with Crippen LogP contribution in [0.25, 0.3) is 0 Å². The second kappa shape index (κ2) is 15.4. The summed E-state index contributed by atoms with van der Waals surface area (Å²) in [6, 6.07) is -5.27. The monoisotopic (exact) mass is 499 g/mol. The molecule has 0 spiro atoms. The van der Waals surface area contributed by atoms with E-state index in [0.29, 0.717) is 25.1 Å². The predicted octanol–water partition coefficient (Wildman–Crippen LogP) is -3.20. The summed E-state index contributed by atoms with van der Waals surface area (Å²) in [5, 5.41) is 34.7. The molecule has 4 unspecified atom stereocenters. The van der Waals surface area contributed by atoms with Crippen molar-refractivity contribution in [3.63, 3.8) is 0 Å². The zero-order chi connectivity index (χ0) is 26.4. The van der Waals surface area contributed by atoms with Crippen LogP contribution in [0.2, 0.25) is 0 Å². The molecule has 4 atom stereocenters. The summed E-state index contributed by atoms with van der Waals surface area (Å²) in [6.45, 7) is -0.490. The second-order valence-corrected chi connectivity index (χ2v) is 7.81. The summed E-state index contributed by atoms with van der Waals surface area (Å²) in [5.74, 6) is -5.20. The normalized spacial score (nSPS) is 14.3. The number of aromatic amines is 1. The Morgan fingerprint density at radius 1 is 0.943 bits per heavy atom. The van der Waals surface area contributed by atoms with Gasteiger partial charge in [-0.3, -0.25) is 19.2 Å².